The lowest BCUT2D eigenvalue weighted by molar-refractivity contribution is -0.123. The first-order valence-corrected chi connectivity index (χ1v) is 9.05. The molecule has 0 bridgehead atoms. The zero-order valence-corrected chi connectivity index (χ0v) is 15.6. The molecule has 138 valence electrons. The van der Waals surface area contributed by atoms with E-state index in [0.29, 0.717) is 12.0 Å². The summed E-state index contributed by atoms with van der Waals surface area (Å²) in [6.45, 7) is 2.68. The van der Waals surface area contributed by atoms with Crippen LogP contribution in [0.2, 0.25) is 0 Å². The number of carbonyl (C=O) groups excluding carboxylic acids is 1. The molecule has 4 nitrogen and oxygen atoms in total. The zero-order valence-electron chi connectivity index (χ0n) is 14.7. The van der Waals surface area contributed by atoms with Crippen LogP contribution < -0.4 is 15.4 Å². The first kappa shape index (κ1) is 18.7. The van der Waals surface area contributed by atoms with Gasteiger partial charge in [0.15, 0.2) is 0 Å². The van der Waals surface area contributed by atoms with Gasteiger partial charge in [-0.15, -0.1) is 12.4 Å². The average Bonchev–Trinajstić information content (AvgIpc) is 3.35. The van der Waals surface area contributed by atoms with Crippen LogP contribution in [0.5, 0.6) is 11.5 Å². The fourth-order valence-electron chi connectivity index (χ4n) is 3.81. The van der Waals surface area contributed by atoms with Crippen molar-refractivity contribution in [2.75, 3.05) is 13.1 Å². The lowest BCUT2D eigenvalue weighted by atomic mass is 9.92. The van der Waals surface area contributed by atoms with Crippen molar-refractivity contribution in [3.8, 4) is 11.5 Å². The zero-order chi connectivity index (χ0) is 17.1. The molecule has 1 amide bonds. The number of para-hydroxylation sites is 1. The molecule has 2 N–H and O–H groups in total. The third-order valence-electron chi connectivity index (χ3n) is 5.47. The van der Waals surface area contributed by atoms with E-state index in [4.69, 9.17) is 4.74 Å². The maximum absolute atomic E-state index is 12.4. The Kier molecular flexibility index (Phi) is 5.84. The molecule has 4 rings (SSSR count). The largest absolute Gasteiger partial charge is 0.457 e. The predicted molar refractivity (Wildman–Crippen MR) is 105 cm³/mol. The van der Waals surface area contributed by atoms with Gasteiger partial charge in [0.2, 0.25) is 5.91 Å². The Morgan fingerprint density at radius 2 is 1.69 bits per heavy atom. The predicted octanol–water partition coefficient (Wildman–Crippen LogP) is 3.91. The quantitative estimate of drug-likeness (QED) is 0.836. The van der Waals surface area contributed by atoms with E-state index in [1.807, 2.05) is 54.6 Å². The van der Waals surface area contributed by atoms with Crippen LogP contribution in [0.3, 0.4) is 0 Å². The van der Waals surface area contributed by atoms with Crippen LogP contribution in [-0.2, 0) is 11.3 Å². The van der Waals surface area contributed by atoms with Crippen molar-refractivity contribution in [2.45, 2.75) is 25.8 Å². The van der Waals surface area contributed by atoms with Gasteiger partial charge in [-0.1, -0.05) is 30.3 Å². The van der Waals surface area contributed by atoms with Gasteiger partial charge in [-0.2, -0.15) is 0 Å². The Balaban J connectivity index is 0.00000196. The number of carbonyl (C=O) groups is 1. The number of amides is 1. The van der Waals surface area contributed by atoms with Crippen LogP contribution in [-0.4, -0.2) is 19.0 Å². The number of ether oxygens (including phenoxy) is 1. The molecule has 1 saturated heterocycles. The van der Waals surface area contributed by atoms with E-state index in [1.54, 1.807) is 0 Å². The van der Waals surface area contributed by atoms with Crippen LogP contribution in [0.1, 0.15) is 24.8 Å². The number of halogens is 1. The third kappa shape index (κ3) is 4.19. The molecule has 2 aromatic carbocycles. The van der Waals surface area contributed by atoms with Gasteiger partial charge in [-0.3, -0.25) is 4.79 Å². The fraction of sp³-hybridized carbons (Fsp3) is 0.381. The van der Waals surface area contributed by atoms with E-state index in [0.717, 1.165) is 49.4 Å². The molecule has 1 atom stereocenters. The van der Waals surface area contributed by atoms with Crippen LogP contribution in [0.25, 0.3) is 0 Å². The van der Waals surface area contributed by atoms with E-state index < -0.39 is 0 Å². The average molecular weight is 373 g/mol. The van der Waals surface area contributed by atoms with E-state index in [-0.39, 0.29) is 24.2 Å². The Morgan fingerprint density at radius 3 is 2.38 bits per heavy atom. The van der Waals surface area contributed by atoms with E-state index in [1.165, 1.54) is 0 Å². The van der Waals surface area contributed by atoms with Crippen LogP contribution in [0, 0.1) is 11.3 Å². The standard InChI is InChI=1S/C21H24N2O2.ClH/c24-20(19-14-21(19)10-12-22-13-11-21)23-15-16-6-8-18(9-7-16)25-17-4-2-1-3-5-17;/h1-9,19,22H,10-15H2,(H,23,24);1H. The number of benzene rings is 2. The van der Waals surface area contributed by atoms with Gasteiger partial charge >= 0.3 is 0 Å². The van der Waals surface area contributed by atoms with Gasteiger partial charge in [0.1, 0.15) is 11.5 Å². The minimum Gasteiger partial charge on any atom is -0.457 e. The summed E-state index contributed by atoms with van der Waals surface area (Å²) in [6.07, 6.45) is 3.33. The molecule has 1 unspecified atom stereocenters. The SMILES string of the molecule is Cl.O=C(NCc1ccc(Oc2ccccc2)cc1)C1CC12CCNCC2. The van der Waals surface area contributed by atoms with Crippen LogP contribution in [0.4, 0.5) is 0 Å². The molecule has 1 saturated carbocycles. The van der Waals surface area contributed by atoms with Crippen molar-refractivity contribution in [2.24, 2.45) is 11.3 Å². The highest BCUT2D eigenvalue weighted by Crippen LogP contribution is 2.58. The summed E-state index contributed by atoms with van der Waals surface area (Å²) in [5, 5.41) is 6.48. The number of nitrogens with one attached hydrogen (secondary N) is 2. The summed E-state index contributed by atoms with van der Waals surface area (Å²) in [6, 6.07) is 17.6. The molecule has 1 spiro atoms. The van der Waals surface area contributed by atoms with E-state index in [9.17, 15) is 4.79 Å². The van der Waals surface area contributed by atoms with Gasteiger partial charge in [0, 0.05) is 12.5 Å². The second kappa shape index (κ2) is 8.11. The molecule has 1 heterocycles. The van der Waals surface area contributed by atoms with Gasteiger partial charge in [0.25, 0.3) is 0 Å². The van der Waals surface area contributed by atoms with Crippen molar-refractivity contribution in [1.82, 2.24) is 10.6 Å². The smallest absolute Gasteiger partial charge is 0.223 e. The Hall–Kier alpha value is -2.04. The minimum absolute atomic E-state index is 0. The van der Waals surface area contributed by atoms with Crippen molar-refractivity contribution in [3.05, 3.63) is 60.2 Å². The summed E-state index contributed by atoms with van der Waals surface area (Å²) in [5.41, 5.74) is 1.39. The molecule has 1 aliphatic heterocycles. The maximum atomic E-state index is 12.4. The number of hydrogen-bond acceptors (Lipinski definition) is 3. The lowest BCUT2D eigenvalue weighted by Crippen LogP contribution is -2.33. The second-order valence-electron chi connectivity index (χ2n) is 7.15. The summed E-state index contributed by atoms with van der Waals surface area (Å²) in [4.78, 5) is 12.4. The number of piperidine rings is 1. The van der Waals surface area contributed by atoms with Crippen molar-refractivity contribution >= 4 is 18.3 Å². The number of rotatable bonds is 5. The topological polar surface area (TPSA) is 50.4 Å². The molecule has 5 heteroatoms. The molecule has 2 fully saturated rings. The van der Waals surface area contributed by atoms with Crippen molar-refractivity contribution in [1.29, 1.82) is 0 Å². The summed E-state index contributed by atoms with van der Waals surface area (Å²) < 4.78 is 5.79. The van der Waals surface area contributed by atoms with Gasteiger partial charge in [-0.25, -0.2) is 0 Å². The highest BCUT2D eigenvalue weighted by atomic mass is 35.5. The first-order chi connectivity index (χ1) is 12.3. The fourth-order valence-corrected chi connectivity index (χ4v) is 3.81. The monoisotopic (exact) mass is 372 g/mol. The van der Waals surface area contributed by atoms with E-state index in [2.05, 4.69) is 10.6 Å². The first-order valence-electron chi connectivity index (χ1n) is 9.05. The van der Waals surface area contributed by atoms with Gasteiger partial charge in [-0.05, 0) is 67.6 Å². The molecular weight excluding hydrogens is 348 g/mol. The van der Waals surface area contributed by atoms with Crippen molar-refractivity contribution in [3.63, 3.8) is 0 Å². The van der Waals surface area contributed by atoms with Crippen molar-refractivity contribution < 1.29 is 9.53 Å². The molecule has 2 aliphatic rings. The highest BCUT2D eigenvalue weighted by Gasteiger charge is 2.57. The molecule has 0 radical (unpaired) electrons. The second-order valence-corrected chi connectivity index (χ2v) is 7.15. The maximum Gasteiger partial charge on any atom is 0.223 e. The molecule has 26 heavy (non-hydrogen) atoms. The molecular formula is C21H25ClN2O2. The van der Waals surface area contributed by atoms with Gasteiger partial charge < -0.3 is 15.4 Å². The summed E-state index contributed by atoms with van der Waals surface area (Å²) >= 11 is 0. The normalized spacial score (nSPS) is 20.1. The molecule has 0 aromatic heterocycles. The molecule has 1 aliphatic carbocycles. The van der Waals surface area contributed by atoms with Crippen LogP contribution >= 0.6 is 12.4 Å². The summed E-state index contributed by atoms with van der Waals surface area (Å²) in [7, 11) is 0. The third-order valence-corrected chi connectivity index (χ3v) is 5.47. The Bertz CT molecular complexity index is 727. The minimum atomic E-state index is 0. The van der Waals surface area contributed by atoms with Crippen LogP contribution in [0.15, 0.2) is 54.6 Å². The Labute approximate surface area is 160 Å². The molecule has 2 aromatic rings. The van der Waals surface area contributed by atoms with E-state index >= 15 is 0 Å². The number of hydrogen-bond donors (Lipinski definition) is 2. The summed E-state index contributed by atoms with van der Waals surface area (Å²) in [5.74, 6) is 2.06. The Morgan fingerprint density at radius 1 is 1.04 bits per heavy atom. The van der Waals surface area contributed by atoms with Gasteiger partial charge in [0.05, 0.1) is 0 Å². The lowest BCUT2D eigenvalue weighted by Gasteiger charge is -2.23. The highest BCUT2D eigenvalue weighted by molar-refractivity contribution is 5.85.